The van der Waals surface area contributed by atoms with Crippen LogP contribution in [-0.4, -0.2) is 60.2 Å². The number of esters is 1. The number of nitrogens with zero attached hydrogens (tertiary/aromatic N) is 2. The molecule has 168 valence electrons. The number of nitrogens with one attached hydrogen (secondary N) is 3. The molecule has 0 aromatic carbocycles. The van der Waals surface area contributed by atoms with Gasteiger partial charge in [-0.3, -0.25) is 14.9 Å². The third-order valence-electron chi connectivity index (χ3n) is 4.87. The monoisotopic (exact) mass is 423 g/mol. The average Bonchev–Trinajstić information content (AvgIpc) is 2.69. The van der Waals surface area contributed by atoms with Gasteiger partial charge in [-0.15, -0.1) is 0 Å². The zero-order valence-electron chi connectivity index (χ0n) is 18.4. The molecule has 10 heteroatoms. The highest BCUT2D eigenvalue weighted by Crippen LogP contribution is 2.28. The zero-order chi connectivity index (χ0) is 22.3. The van der Waals surface area contributed by atoms with E-state index in [1.165, 1.54) is 17.9 Å². The average molecular weight is 424 g/mol. The number of carbonyl (C=O) groups is 2. The quantitative estimate of drug-likeness (QED) is 0.541. The first kappa shape index (κ1) is 23.8. The molecular formula is C20H33N5O5. The summed E-state index contributed by atoms with van der Waals surface area (Å²) in [5, 5.41) is 13.6. The van der Waals surface area contributed by atoms with E-state index in [2.05, 4.69) is 21.0 Å². The van der Waals surface area contributed by atoms with Gasteiger partial charge in [-0.2, -0.15) is 5.10 Å². The van der Waals surface area contributed by atoms with Crippen molar-refractivity contribution < 1.29 is 19.1 Å². The number of rotatable bonds is 7. The number of hydrogen-bond donors (Lipinski definition) is 3. The maximum Gasteiger partial charge on any atom is 0.407 e. The van der Waals surface area contributed by atoms with Crippen LogP contribution < -0.4 is 21.5 Å². The van der Waals surface area contributed by atoms with Crippen LogP contribution in [0, 0.1) is 5.92 Å². The molecule has 3 N–H and O–H groups in total. The molecule has 0 radical (unpaired) electrons. The van der Waals surface area contributed by atoms with Crippen molar-refractivity contribution in [1.82, 2.24) is 25.7 Å². The molecule has 1 fully saturated rings. The predicted molar refractivity (Wildman–Crippen MR) is 111 cm³/mol. The summed E-state index contributed by atoms with van der Waals surface area (Å²) >= 11 is 0. The van der Waals surface area contributed by atoms with E-state index in [4.69, 9.17) is 9.47 Å². The number of aromatic nitrogens is 2. The van der Waals surface area contributed by atoms with E-state index < -0.39 is 23.7 Å². The summed E-state index contributed by atoms with van der Waals surface area (Å²) in [6.07, 6.45) is 1.15. The molecule has 1 saturated heterocycles. The fourth-order valence-corrected chi connectivity index (χ4v) is 3.40. The molecule has 2 rings (SSSR count). The van der Waals surface area contributed by atoms with Crippen LogP contribution in [0.5, 0.6) is 0 Å². The number of ether oxygens (including phenoxy) is 2. The second kappa shape index (κ2) is 10.5. The Hall–Kier alpha value is -2.46. The number of carbonyl (C=O) groups excluding carboxylic acids is 2. The third-order valence-corrected chi connectivity index (χ3v) is 4.87. The van der Waals surface area contributed by atoms with Crippen LogP contribution >= 0.6 is 0 Å². The Morgan fingerprint density at radius 2 is 1.97 bits per heavy atom. The van der Waals surface area contributed by atoms with Gasteiger partial charge in [0.25, 0.3) is 5.56 Å². The molecule has 2 heterocycles. The second-order valence-corrected chi connectivity index (χ2v) is 8.41. The van der Waals surface area contributed by atoms with E-state index in [-0.39, 0.29) is 24.1 Å². The number of aryl methyl sites for hydroxylation is 1. The zero-order valence-corrected chi connectivity index (χ0v) is 18.4. The Morgan fingerprint density at radius 3 is 2.53 bits per heavy atom. The van der Waals surface area contributed by atoms with Gasteiger partial charge in [0, 0.05) is 19.7 Å². The fraction of sp³-hybridized carbons (Fsp3) is 0.700. The molecular weight excluding hydrogens is 390 g/mol. The van der Waals surface area contributed by atoms with Crippen molar-refractivity contribution in [2.45, 2.75) is 51.3 Å². The highest BCUT2D eigenvalue weighted by atomic mass is 16.6. The SMILES string of the molecule is COC(=O)C(CNC(=O)OC(C)(C)C)NC(c1ccc(=O)n(C)n1)C1CCNCC1. The van der Waals surface area contributed by atoms with E-state index >= 15 is 0 Å². The van der Waals surface area contributed by atoms with Gasteiger partial charge in [0.05, 0.1) is 18.8 Å². The molecule has 0 saturated carbocycles. The molecule has 1 aliphatic rings. The number of hydrogen-bond acceptors (Lipinski definition) is 8. The lowest BCUT2D eigenvalue weighted by Crippen LogP contribution is -2.51. The molecule has 10 nitrogen and oxygen atoms in total. The topological polar surface area (TPSA) is 124 Å². The second-order valence-electron chi connectivity index (χ2n) is 8.41. The lowest BCUT2D eigenvalue weighted by molar-refractivity contribution is -0.143. The maximum absolute atomic E-state index is 12.4. The van der Waals surface area contributed by atoms with Crippen molar-refractivity contribution in [3.63, 3.8) is 0 Å². The van der Waals surface area contributed by atoms with Crippen molar-refractivity contribution in [3.8, 4) is 0 Å². The van der Waals surface area contributed by atoms with Crippen LogP contribution in [0.1, 0.15) is 45.3 Å². The number of piperidine rings is 1. The summed E-state index contributed by atoms with van der Waals surface area (Å²) in [5.74, 6) is -0.306. The van der Waals surface area contributed by atoms with Gasteiger partial charge in [0.2, 0.25) is 0 Å². The van der Waals surface area contributed by atoms with Gasteiger partial charge in [0.1, 0.15) is 11.6 Å². The third kappa shape index (κ3) is 7.10. The number of methoxy groups -OCH3 is 1. The van der Waals surface area contributed by atoms with E-state index in [0.717, 1.165) is 25.9 Å². The van der Waals surface area contributed by atoms with Crippen molar-refractivity contribution in [2.24, 2.45) is 13.0 Å². The number of alkyl carbamates (subject to hydrolysis) is 1. The Kier molecular flexibility index (Phi) is 8.36. The summed E-state index contributed by atoms with van der Waals surface area (Å²) in [6, 6.07) is 2.05. The van der Waals surface area contributed by atoms with E-state index in [9.17, 15) is 14.4 Å². The molecule has 2 unspecified atom stereocenters. The van der Waals surface area contributed by atoms with Crippen LogP contribution in [0.15, 0.2) is 16.9 Å². The van der Waals surface area contributed by atoms with Gasteiger partial charge in [0.15, 0.2) is 0 Å². The van der Waals surface area contributed by atoms with Crippen molar-refractivity contribution in [3.05, 3.63) is 28.2 Å². The molecule has 2 atom stereocenters. The summed E-state index contributed by atoms with van der Waals surface area (Å²) in [6.45, 7) is 7.00. The van der Waals surface area contributed by atoms with Crippen molar-refractivity contribution >= 4 is 12.1 Å². The summed E-state index contributed by atoms with van der Waals surface area (Å²) in [4.78, 5) is 36.2. The molecule has 1 aromatic heterocycles. The Bertz CT molecular complexity index is 783. The van der Waals surface area contributed by atoms with E-state index in [0.29, 0.717) is 5.69 Å². The minimum Gasteiger partial charge on any atom is -0.468 e. The Morgan fingerprint density at radius 1 is 1.30 bits per heavy atom. The Balaban J connectivity index is 2.21. The molecule has 1 amide bonds. The molecule has 30 heavy (non-hydrogen) atoms. The summed E-state index contributed by atoms with van der Waals surface area (Å²) < 4.78 is 11.5. The minimum absolute atomic E-state index is 0.00514. The standard InChI is InChI=1S/C20H33N5O5/c1-20(2,3)30-19(28)22-12-15(18(27)29-5)23-17(13-8-10-21-11-9-13)14-6-7-16(26)25(4)24-14/h6-7,13,15,17,21,23H,8-12H2,1-5H3,(H,22,28). The first-order chi connectivity index (χ1) is 14.1. The van der Waals surface area contributed by atoms with E-state index in [1.54, 1.807) is 33.9 Å². The lowest BCUT2D eigenvalue weighted by Gasteiger charge is -2.33. The van der Waals surface area contributed by atoms with Gasteiger partial charge in [-0.05, 0) is 58.7 Å². The summed E-state index contributed by atoms with van der Waals surface area (Å²) in [7, 11) is 2.89. The van der Waals surface area contributed by atoms with Crippen LogP contribution in [-0.2, 0) is 21.3 Å². The first-order valence-corrected chi connectivity index (χ1v) is 10.2. The lowest BCUT2D eigenvalue weighted by atomic mass is 9.87. The first-order valence-electron chi connectivity index (χ1n) is 10.2. The number of amides is 1. The van der Waals surface area contributed by atoms with Crippen LogP contribution in [0.2, 0.25) is 0 Å². The van der Waals surface area contributed by atoms with Crippen LogP contribution in [0.4, 0.5) is 4.79 Å². The normalized spacial score (nSPS) is 17.1. The van der Waals surface area contributed by atoms with E-state index in [1.807, 2.05) is 0 Å². The predicted octanol–water partition coefficient (Wildman–Crippen LogP) is 0.477. The summed E-state index contributed by atoms with van der Waals surface area (Å²) in [5.41, 5.74) is -0.191. The molecule has 1 aliphatic heterocycles. The molecule has 1 aromatic rings. The molecule has 0 spiro atoms. The van der Waals surface area contributed by atoms with Gasteiger partial charge in [-0.25, -0.2) is 9.48 Å². The van der Waals surface area contributed by atoms with Gasteiger partial charge >= 0.3 is 12.1 Å². The highest BCUT2D eigenvalue weighted by molar-refractivity contribution is 5.77. The smallest absolute Gasteiger partial charge is 0.407 e. The fourth-order valence-electron chi connectivity index (χ4n) is 3.40. The van der Waals surface area contributed by atoms with Crippen LogP contribution in [0.3, 0.4) is 0 Å². The minimum atomic E-state index is -0.804. The van der Waals surface area contributed by atoms with Gasteiger partial charge in [-0.1, -0.05) is 0 Å². The highest BCUT2D eigenvalue weighted by Gasteiger charge is 2.32. The molecule has 0 aliphatic carbocycles. The Labute approximate surface area is 176 Å². The van der Waals surface area contributed by atoms with Gasteiger partial charge < -0.3 is 20.1 Å². The van der Waals surface area contributed by atoms with Crippen LogP contribution in [0.25, 0.3) is 0 Å². The van der Waals surface area contributed by atoms with Crippen molar-refractivity contribution in [2.75, 3.05) is 26.7 Å². The van der Waals surface area contributed by atoms with Crippen molar-refractivity contribution in [1.29, 1.82) is 0 Å². The maximum atomic E-state index is 12.4. The largest absolute Gasteiger partial charge is 0.468 e. The molecule has 0 bridgehead atoms.